The number of carbonyl (C=O) groups is 2. The Morgan fingerprint density at radius 1 is 1.32 bits per heavy atom. The topological polar surface area (TPSA) is 90.3 Å². The lowest BCUT2D eigenvalue weighted by Crippen LogP contribution is -2.44. The fourth-order valence-electron chi connectivity index (χ4n) is 1.54. The van der Waals surface area contributed by atoms with Crippen molar-refractivity contribution >= 4 is 12.0 Å². The quantitative estimate of drug-likeness (QED) is 0.582. The van der Waals surface area contributed by atoms with E-state index >= 15 is 0 Å². The maximum Gasteiger partial charge on any atom is 0.319 e. The number of aliphatic hydroxyl groups is 1. The third-order valence-corrected chi connectivity index (χ3v) is 2.69. The van der Waals surface area contributed by atoms with E-state index in [0.29, 0.717) is 19.7 Å². The maximum absolute atomic E-state index is 12.1. The van der Waals surface area contributed by atoms with E-state index in [1.54, 1.807) is 18.9 Å². The van der Waals surface area contributed by atoms with Gasteiger partial charge in [0.05, 0.1) is 25.7 Å². The van der Waals surface area contributed by atoms with Gasteiger partial charge in [-0.2, -0.15) is 0 Å². The number of nitrogens with zero attached hydrogens (tertiary/aromatic N) is 2. The van der Waals surface area contributed by atoms with Crippen molar-refractivity contribution in [2.24, 2.45) is 5.92 Å². The molecule has 0 aliphatic rings. The number of amides is 2. The van der Waals surface area contributed by atoms with E-state index in [1.807, 2.05) is 6.92 Å². The minimum absolute atomic E-state index is 0.0455. The van der Waals surface area contributed by atoms with Crippen molar-refractivity contribution < 1.29 is 24.5 Å². The third kappa shape index (κ3) is 6.97. The molecule has 0 saturated heterocycles. The Morgan fingerprint density at radius 2 is 1.95 bits per heavy atom. The van der Waals surface area contributed by atoms with Gasteiger partial charge in [-0.3, -0.25) is 4.79 Å². The van der Waals surface area contributed by atoms with E-state index in [4.69, 9.17) is 14.9 Å². The SMILES string of the molecule is CCN(CCOCCO)C(=O)N(C)CC(C)C(=O)O. The van der Waals surface area contributed by atoms with Gasteiger partial charge in [-0.15, -0.1) is 0 Å². The first-order valence-corrected chi connectivity index (χ1v) is 6.35. The molecule has 2 N–H and O–H groups in total. The Balaban J connectivity index is 4.21. The first-order chi connectivity index (χ1) is 8.93. The van der Waals surface area contributed by atoms with Crippen LogP contribution in [-0.4, -0.2) is 78.5 Å². The van der Waals surface area contributed by atoms with Gasteiger partial charge in [0.25, 0.3) is 0 Å². The predicted octanol–water partition coefficient (Wildman–Crippen LogP) is 0.0897. The molecule has 1 atom stereocenters. The second-order valence-corrected chi connectivity index (χ2v) is 4.32. The van der Waals surface area contributed by atoms with Crippen LogP contribution in [-0.2, 0) is 9.53 Å². The molecule has 0 aromatic heterocycles. The first kappa shape index (κ1) is 17.7. The molecule has 1 unspecified atom stereocenters. The lowest BCUT2D eigenvalue weighted by atomic mass is 10.2. The molecule has 0 aromatic rings. The van der Waals surface area contributed by atoms with Crippen LogP contribution >= 0.6 is 0 Å². The van der Waals surface area contributed by atoms with Crippen molar-refractivity contribution in [3.05, 3.63) is 0 Å². The normalized spacial score (nSPS) is 12.0. The highest BCUT2D eigenvalue weighted by Gasteiger charge is 2.20. The molecule has 0 rings (SSSR count). The van der Waals surface area contributed by atoms with E-state index in [9.17, 15) is 9.59 Å². The van der Waals surface area contributed by atoms with Crippen LogP contribution in [0.3, 0.4) is 0 Å². The minimum atomic E-state index is -0.922. The summed E-state index contributed by atoms with van der Waals surface area (Å²) in [7, 11) is 1.58. The molecule has 0 saturated carbocycles. The van der Waals surface area contributed by atoms with Crippen LogP contribution in [0.1, 0.15) is 13.8 Å². The van der Waals surface area contributed by atoms with Gasteiger partial charge in [-0.05, 0) is 6.92 Å². The lowest BCUT2D eigenvalue weighted by Gasteiger charge is -2.28. The van der Waals surface area contributed by atoms with Crippen molar-refractivity contribution in [1.29, 1.82) is 0 Å². The summed E-state index contributed by atoms with van der Waals surface area (Å²) in [5.74, 6) is -1.52. The van der Waals surface area contributed by atoms with E-state index < -0.39 is 11.9 Å². The number of carbonyl (C=O) groups excluding carboxylic acids is 1. The molecule has 0 fully saturated rings. The molecule has 2 amide bonds. The van der Waals surface area contributed by atoms with Gasteiger partial charge in [0.15, 0.2) is 0 Å². The molecule has 0 aromatic carbocycles. The Kier molecular flexibility index (Phi) is 8.90. The fraction of sp³-hybridized carbons (Fsp3) is 0.833. The molecular weight excluding hydrogens is 252 g/mol. The first-order valence-electron chi connectivity index (χ1n) is 6.35. The number of ether oxygens (including phenoxy) is 1. The Morgan fingerprint density at radius 3 is 2.42 bits per heavy atom. The van der Waals surface area contributed by atoms with Gasteiger partial charge in [-0.1, -0.05) is 6.92 Å². The number of aliphatic hydroxyl groups excluding tert-OH is 1. The zero-order valence-electron chi connectivity index (χ0n) is 11.8. The highest BCUT2D eigenvalue weighted by molar-refractivity contribution is 5.75. The molecule has 0 aliphatic heterocycles. The Hall–Kier alpha value is -1.34. The standard InChI is InChI=1S/C12H24N2O5/c1-4-14(5-7-19-8-6-15)12(18)13(3)9-10(2)11(16)17/h10,15H,4-9H2,1-3H3,(H,16,17). The summed E-state index contributed by atoms with van der Waals surface area (Å²) >= 11 is 0. The largest absolute Gasteiger partial charge is 0.481 e. The van der Waals surface area contributed by atoms with E-state index in [1.165, 1.54) is 4.90 Å². The van der Waals surface area contributed by atoms with Crippen LogP contribution in [0.25, 0.3) is 0 Å². The second-order valence-electron chi connectivity index (χ2n) is 4.32. The summed E-state index contributed by atoms with van der Waals surface area (Å²) in [5, 5.41) is 17.4. The number of carboxylic acids is 1. The van der Waals surface area contributed by atoms with Crippen LogP contribution in [0.2, 0.25) is 0 Å². The number of urea groups is 1. The number of hydrogen-bond donors (Lipinski definition) is 2. The van der Waals surface area contributed by atoms with Crippen LogP contribution in [0, 0.1) is 5.92 Å². The molecule has 0 bridgehead atoms. The van der Waals surface area contributed by atoms with Crippen molar-refractivity contribution in [3.8, 4) is 0 Å². The average molecular weight is 276 g/mol. The summed E-state index contributed by atoms with van der Waals surface area (Å²) in [5.41, 5.74) is 0. The molecular formula is C12H24N2O5. The minimum Gasteiger partial charge on any atom is -0.481 e. The molecule has 112 valence electrons. The number of hydrogen-bond acceptors (Lipinski definition) is 4. The van der Waals surface area contributed by atoms with E-state index in [0.717, 1.165) is 0 Å². The number of carboxylic acid groups (broad SMARTS) is 1. The highest BCUT2D eigenvalue weighted by atomic mass is 16.5. The Bertz CT molecular complexity index is 285. The maximum atomic E-state index is 12.1. The monoisotopic (exact) mass is 276 g/mol. The summed E-state index contributed by atoms with van der Waals surface area (Å²) in [6.45, 7) is 5.07. The molecule has 7 nitrogen and oxygen atoms in total. The fourth-order valence-corrected chi connectivity index (χ4v) is 1.54. The predicted molar refractivity (Wildman–Crippen MR) is 70.0 cm³/mol. The van der Waals surface area contributed by atoms with Crippen LogP contribution < -0.4 is 0 Å². The molecule has 0 heterocycles. The van der Waals surface area contributed by atoms with Gasteiger partial charge >= 0.3 is 12.0 Å². The lowest BCUT2D eigenvalue weighted by molar-refractivity contribution is -0.141. The Labute approximate surface area is 113 Å². The summed E-state index contributed by atoms with van der Waals surface area (Å²) < 4.78 is 5.11. The van der Waals surface area contributed by atoms with Crippen molar-refractivity contribution in [2.45, 2.75) is 13.8 Å². The number of likely N-dealkylation sites (N-methyl/N-ethyl adjacent to an activating group) is 1. The molecule has 0 spiro atoms. The van der Waals surface area contributed by atoms with Crippen molar-refractivity contribution in [1.82, 2.24) is 9.80 Å². The number of aliphatic carboxylic acids is 1. The zero-order valence-corrected chi connectivity index (χ0v) is 11.8. The summed E-state index contributed by atoms with van der Waals surface area (Å²) in [6.07, 6.45) is 0. The summed E-state index contributed by atoms with van der Waals surface area (Å²) in [4.78, 5) is 25.8. The average Bonchev–Trinajstić information content (AvgIpc) is 2.38. The van der Waals surface area contributed by atoms with Gasteiger partial charge in [-0.25, -0.2) is 4.79 Å². The van der Waals surface area contributed by atoms with Gasteiger partial charge in [0, 0.05) is 26.7 Å². The van der Waals surface area contributed by atoms with Crippen LogP contribution in [0.4, 0.5) is 4.79 Å². The number of rotatable bonds is 9. The van der Waals surface area contributed by atoms with Gasteiger partial charge in [0.2, 0.25) is 0 Å². The van der Waals surface area contributed by atoms with Gasteiger partial charge in [0.1, 0.15) is 0 Å². The molecule has 0 radical (unpaired) electrons. The second kappa shape index (κ2) is 9.57. The molecule has 7 heteroatoms. The van der Waals surface area contributed by atoms with E-state index in [-0.39, 0.29) is 25.8 Å². The van der Waals surface area contributed by atoms with Crippen molar-refractivity contribution in [3.63, 3.8) is 0 Å². The molecule has 0 aliphatic carbocycles. The van der Waals surface area contributed by atoms with Crippen LogP contribution in [0.5, 0.6) is 0 Å². The van der Waals surface area contributed by atoms with E-state index in [2.05, 4.69) is 0 Å². The summed E-state index contributed by atoms with van der Waals surface area (Å²) in [6, 6.07) is -0.219. The van der Waals surface area contributed by atoms with Crippen molar-refractivity contribution in [2.75, 3.05) is 46.5 Å². The van der Waals surface area contributed by atoms with Gasteiger partial charge < -0.3 is 24.7 Å². The molecule has 19 heavy (non-hydrogen) atoms. The van der Waals surface area contributed by atoms with Crippen LogP contribution in [0.15, 0.2) is 0 Å². The zero-order chi connectivity index (χ0) is 14.8. The highest BCUT2D eigenvalue weighted by Crippen LogP contribution is 2.03. The smallest absolute Gasteiger partial charge is 0.319 e. The third-order valence-electron chi connectivity index (χ3n) is 2.69.